The summed E-state index contributed by atoms with van der Waals surface area (Å²) in [6.45, 7) is 4.67. The van der Waals surface area contributed by atoms with Gasteiger partial charge in [-0.3, -0.25) is 0 Å². The second kappa shape index (κ2) is 4.98. The summed E-state index contributed by atoms with van der Waals surface area (Å²) in [6, 6.07) is 8.67. The van der Waals surface area contributed by atoms with Crippen molar-refractivity contribution in [2.45, 2.75) is 4.90 Å². The van der Waals surface area contributed by atoms with Gasteiger partial charge in [-0.25, -0.2) is 4.31 Å². The van der Waals surface area contributed by atoms with Gasteiger partial charge in [-0.15, -0.1) is 11.3 Å². The monoisotopic (exact) mass is 264 g/mol. The second-order valence-corrected chi connectivity index (χ2v) is 6.47. The molecule has 17 heavy (non-hydrogen) atoms. The van der Waals surface area contributed by atoms with Gasteiger partial charge in [0.1, 0.15) is 0 Å². The molecule has 90 valence electrons. The van der Waals surface area contributed by atoms with Crippen LogP contribution in [0.2, 0.25) is 0 Å². The van der Waals surface area contributed by atoms with Gasteiger partial charge in [0, 0.05) is 46.5 Å². The van der Waals surface area contributed by atoms with Crippen molar-refractivity contribution >= 4 is 33.4 Å². The fraction of sp³-hybridized carbons (Fsp3) is 0.385. The molecule has 1 aromatic heterocycles. The van der Waals surface area contributed by atoms with E-state index >= 15 is 0 Å². The van der Waals surface area contributed by atoms with E-state index in [4.69, 9.17) is 0 Å². The minimum atomic E-state index is 1.16. The summed E-state index contributed by atoms with van der Waals surface area (Å²) in [5.74, 6) is 0. The Hall–Kier alpha value is -0.550. The molecule has 3 rings (SSSR count). The number of likely N-dealkylation sites (N-methyl/N-ethyl adjacent to an activating group) is 1. The average Bonchev–Trinajstić information content (AvgIpc) is 2.76. The Balaban J connectivity index is 1.76. The van der Waals surface area contributed by atoms with Gasteiger partial charge in [-0.2, -0.15) is 0 Å². The number of benzene rings is 1. The minimum absolute atomic E-state index is 1.16. The molecule has 1 fully saturated rings. The van der Waals surface area contributed by atoms with E-state index in [1.54, 1.807) is 0 Å². The Morgan fingerprint density at radius 2 is 1.88 bits per heavy atom. The summed E-state index contributed by atoms with van der Waals surface area (Å²) in [6.07, 6.45) is 0. The summed E-state index contributed by atoms with van der Waals surface area (Å²) in [7, 11) is 2.20. The molecule has 2 nitrogen and oxygen atoms in total. The van der Waals surface area contributed by atoms with Crippen LogP contribution < -0.4 is 0 Å². The van der Waals surface area contributed by atoms with Crippen molar-refractivity contribution in [2.75, 3.05) is 33.2 Å². The highest BCUT2D eigenvalue weighted by Gasteiger charge is 2.16. The van der Waals surface area contributed by atoms with Gasteiger partial charge in [0.2, 0.25) is 0 Å². The number of hydrogen-bond donors (Lipinski definition) is 0. The lowest BCUT2D eigenvalue weighted by Gasteiger charge is -2.31. The SMILES string of the molecule is CN1CCN(Sc2csc3ccccc23)CC1. The third-order valence-corrected chi connectivity index (χ3v) is 5.41. The van der Waals surface area contributed by atoms with E-state index in [1.165, 1.54) is 28.1 Å². The molecule has 1 aromatic carbocycles. The van der Waals surface area contributed by atoms with Crippen molar-refractivity contribution in [1.82, 2.24) is 9.21 Å². The molecule has 0 spiro atoms. The largest absolute Gasteiger partial charge is 0.304 e. The highest BCUT2D eigenvalue weighted by molar-refractivity contribution is 7.97. The zero-order valence-electron chi connectivity index (χ0n) is 9.93. The maximum Gasteiger partial charge on any atom is 0.0416 e. The lowest BCUT2D eigenvalue weighted by atomic mass is 10.3. The molecular weight excluding hydrogens is 248 g/mol. The minimum Gasteiger partial charge on any atom is -0.304 e. The van der Waals surface area contributed by atoms with Crippen LogP contribution in [0.3, 0.4) is 0 Å². The molecular formula is C13H16N2S2. The van der Waals surface area contributed by atoms with Crippen molar-refractivity contribution in [2.24, 2.45) is 0 Å². The molecule has 0 aliphatic carbocycles. The standard InChI is InChI=1S/C13H16N2S2/c1-14-6-8-15(9-7-14)17-13-10-16-12-5-3-2-4-11(12)13/h2-5,10H,6-9H2,1H3. The molecule has 0 unspecified atom stereocenters. The number of thiophene rings is 1. The van der Waals surface area contributed by atoms with E-state index in [2.05, 4.69) is 45.9 Å². The van der Waals surface area contributed by atoms with Crippen LogP contribution in [0.15, 0.2) is 34.5 Å². The van der Waals surface area contributed by atoms with Crippen LogP contribution in [0.1, 0.15) is 0 Å². The Kier molecular flexibility index (Phi) is 3.38. The molecule has 2 heterocycles. The summed E-state index contributed by atoms with van der Waals surface area (Å²) in [5.41, 5.74) is 0. The van der Waals surface area contributed by atoms with E-state index in [1.807, 2.05) is 23.3 Å². The summed E-state index contributed by atoms with van der Waals surface area (Å²) < 4.78 is 3.87. The fourth-order valence-corrected chi connectivity index (χ4v) is 4.15. The zero-order chi connectivity index (χ0) is 11.7. The molecule has 0 saturated carbocycles. The van der Waals surface area contributed by atoms with Gasteiger partial charge in [0.25, 0.3) is 0 Å². The number of rotatable bonds is 2. The van der Waals surface area contributed by atoms with Crippen molar-refractivity contribution < 1.29 is 0 Å². The lowest BCUT2D eigenvalue weighted by molar-refractivity contribution is 0.233. The first kappa shape index (κ1) is 11.5. The van der Waals surface area contributed by atoms with Crippen molar-refractivity contribution in [3.05, 3.63) is 29.6 Å². The third kappa shape index (κ3) is 2.50. The first-order chi connectivity index (χ1) is 8.33. The van der Waals surface area contributed by atoms with Crippen LogP contribution in [-0.2, 0) is 0 Å². The van der Waals surface area contributed by atoms with Gasteiger partial charge in [0.15, 0.2) is 0 Å². The highest BCUT2D eigenvalue weighted by atomic mass is 32.2. The van der Waals surface area contributed by atoms with Crippen LogP contribution in [0, 0.1) is 0 Å². The maximum absolute atomic E-state index is 2.48. The maximum atomic E-state index is 2.48. The number of hydrogen-bond acceptors (Lipinski definition) is 4. The molecule has 2 aromatic rings. The predicted octanol–water partition coefficient (Wildman–Crippen LogP) is 3.16. The van der Waals surface area contributed by atoms with E-state index < -0.39 is 0 Å². The number of fused-ring (bicyclic) bond motifs is 1. The number of piperazine rings is 1. The van der Waals surface area contributed by atoms with Gasteiger partial charge in [0.05, 0.1) is 0 Å². The summed E-state index contributed by atoms with van der Waals surface area (Å²) in [4.78, 5) is 3.80. The fourth-order valence-electron chi connectivity index (χ4n) is 2.04. The average molecular weight is 264 g/mol. The van der Waals surface area contributed by atoms with E-state index in [-0.39, 0.29) is 0 Å². The summed E-state index contributed by atoms with van der Waals surface area (Å²) in [5, 5.41) is 3.69. The van der Waals surface area contributed by atoms with Gasteiger partial charge in [-0.1, -0.05) is 18.2 Å². The van der Waals surface area contributed by atoms with Crippen molar-refractivity contribution in [3.63, 3.8) is 0 Å². The molecule has 0 radical (unpaired) electrons. The topological polar surface area (TPSA) is 6.48 Å². The normalized spacial score (nSPS) is 18.9. The van der Waals surface area contributed by atoms with Gasteiger partial charge < -0.3 is 4.90 Å². The highest BCUT2D eigenvalue weighted by Crippen LogP contribution is 2.35. The Morgan fingerprint density at radius 1 is 1.12 bits per heavy atom. The van der Waals surface area contributed by atoms with Crippen molar-refractivity contribution in [1.29, 1.82) is 0 Å². The molecule has 0 amide bonds. The molecule has 4 heteroatoms. The smallest absolute Gasteiger partial charge is 0.0416 e. The quantitative estimate of drug-likeness (QED) is 0.769. The van der Waals surface area contributed by atoms with E-state index in [0.29, 0.717) is 0 Å². The lowest BCUT2D eigenvalue weighted by Crippen LogP contribution is -2.40. The van der Waals surface area contributed by atoms with Crippen molar-refractivity contribution in [3.8, 4) is 0 Å². The second-order valence-electron chi connectivity index (χ2n) is 4.42. The van der Waals surface area contributed by atoms with Crippen LogP contribution in [0.25, 0.3) is 10.1 Å². The van der Waals surface area contributed by atoms with E-state index in [9.17, 15) is 0 Å². The Bertz CT molecular complexity index is 501. The van der Waals surface area contributed by atoms with Crippen LogP contribution in [-0.4, -0.2) is 42.4 Å². The molecule has 1 aliphatic rings. The molecule has 0 bridgehead atoms. The van der Waals surface area contributed by atoms with E-state index in [0.717, 1.165) is 13.1 Å². The predicted molar refractivity (Wildman–Crippen MR) is 76.8 cm³/mol. The molecule has 1 saturated heterocycles. The third-order valence-electron chi connectivity index (χ3n) is 3.14. The summed E-state index contributed by atoms with van der Waals surface area (Å²) >= 11 is 3.76. The Morgan fingerprint density at radius 3 is 2.71 bits per heavy atom. The first-order valence-corrected chi connectivity index (χ1v) is 7.56. The molecule has 1 aliphatic heterocycles. The van der Waals surface area contributed by atoms with Crippen LogP contribution >= 0.6 is 23.3 Å². The van der Waals surface area contributed by atoms with Gasteiger partial charge in [-0.05, 0) is 25.1 Å². The zero-order valence-corrected chi connectivity index (χ0v) is 11.6. The Labute approximate surface area is 110 Å². The molecule has 0 N–H and O–H groups in total. The first-order valence-electron chi connectivity index (χ1n) is 5.90. The molecule has 0 atom stereocenters. The number of nitrogens with zero attached hydrogens (tertiary/aromatic N) is 2. The van der Waals surface area contributed by atoms with Crippen LogP contribution in [0.4, 0.5) is 0 Å². The van der Waals surface area contributed by atoms with Gasteiger partial charge >= 0.3 is 0 Å². The van der Waals surface area contributed by atoms with Crippen LogP contribution in [0.5, 0.6) is 0 Å².